The molecule has 0 fully saturated rings. The molecule has 1 amide bonds. The highest BCUT2D eigenvalue weighted by molar-refractivity contribution is 7.13. The molecule has 1 aromatic carbocycles. The summed E-state index contributed by atoms with van der Waals surface area (Å²) in [6.45, 7) is 2.58. The zero-order chi connectivity index (χ0) is 16.1. The molecule has 0 saturated carbocycles. The highest BCUT2D eigenvalue weighted by atomic mass is 32.1. The monoisotopic (exact) mass is 323 g/mol. The van der Waals surface area contributed by atoms with Gasteiger partial charge in [0, 0.05) is 18.1 Å². The number of aryl methyl sites for hydroxylation is 1. The van der Waals surface area contributed by atoms with Gasteiger partial charge < -0.3 is 5.32 Å². The number of thiazole rings is 1. The van der Waals surface area contributed by atoms with E-state index in [1.165, 1.54) is 16.9 Å². The van der Waals surface area contributed by atoms with Crippen molar-refractivity contribution in [2.24, 2.45) is 0 Å². The van der Waals surface area contributed by atoms with Gasteiger partial charge in [-0.1, -0.05) is 35.9 Å². The second-order valence-corrected chi connectivity index (χ2v) is 6.16. The Morgan fingerprint density at radius 1 is 1.17 bits per heavy atom. The minimum absolute atomic E-state index is 0.0246. The van der Waals surface area contributed by atoms with Crippen molar-refractivity contribution >= 4 is 17.2 Å². The van der Waals surface area contributed by atoms with E-state index < -0.39 is 0 Å². The number of amides is 1. The van der Waals surface area contributed by atoms with Crippen LogP contribution in [0.25, 0.3) is 10.7 Å². The molecule has 0 radical (unpaired) electrons. The van der Waals surface area contributed by atoms with Crippen molar-refractivity contribution in [3.63, 3.8) is 0 Å². The Morgan fingerprint density at radius 3 is 2.74 bits per heavy atom. The molecular weight excluding hydrogens is 306 g/mol. The van der Waals surface area contributed by atoms with Crippen LogP contribution in [0.4, 0.5) is 0 Å². The van der Waals surface area contributed by atoms with Crippen LogP contribution in [-0.4, -0.2) is 15.9 Å². The third-order valence-corrected chi connectivity index (χ3v) is 4.30. The summed E-state index contributed by atoms with van der Waals surface area (Å²) in [5.41, 5.74) is 3.92. The number of carbonyl (C=O) groups is 1. The molecule has 0 saturated heterocycles. The molecule has 5 heteroatoms. The van der Waals surface area contributed by atoms with Gasteiger partial charge in [0.2, 0.25) is 5.91 Å². The van der Waals surface area contributed by atoms with E-state index in [0.717, 1.165) is 22.0 Å². The van der Waals surface area contributed by atoms with Gasteiger partial charge in [0.1, 0.15) is 5.01 Å². The summed E-state index contributed by atoms with van der Waals surface area (Å²) in [4.78, 5) is 20.8. The van der Waals surface area contributed by atoms with Crippen LogP contribution < -0.4 is 5.32 Å². The van der Waals surface area contributed by atoms with Crippen molar-refractivity contribution in [2.45, 2.75) is 19.9 Å². The number of carbonyl (C=O) groups excluding carboxylic acids is 1. The molecule has 3 aromatic rings. The first kappa shape index (κ1) is 15.4. The number of benzene rings is 1. The largest absolute Gasteiger partial charge is 0.352 e. The Kier molecular flexibility index (Phi) is 4.78. The number of pyridine rings is 1. The van der Waals surface area contributed by atoms with Gasteiger partial charge in [-0.2, -0.15) is 0 Å². The molecular formula is C18H17N3OS. The van der Waals surface area contributed by atoms with Crippen molar-refractivity contribution in [1.82, 2.24) is 15.3 Å². The lowest BCUT2D eigenvalue weighted by atomic mass is 10.1. The van der Waals surface area contributed by atoms with E-state index in [1.54, 1.807) is 6.20 Å². The van der Waals surface area contributed by atoms with Crippen molar-refractivity contribution in [3.8, 4) is 10.7 Å². The minimum Gasteiger partial charge on any atom is -0.352 e. The van der Waals surface area contributed by atoms with Gasteiger partial charge in [0.05, 0.1) is 17.8 Å². The summed E-state index contributed by atoms with van der Waals surface area (Å²) in [6, 6.07) is 13.9. The molecule has 0 aliphatic rings. The summed E-state index contributed by atoms with van der Waals surface area (Å²) in [6.07, 6.45) is 2.03. The topological polar surface area (TPSA) is 54.9 Å². The lowest BCUT2D eigenvalue weighted by molar-refractivity contribution is -0.120. The number of hydrogen-bond donors (Lipinski definition) is 1. The van der Waals surface area contributed by atoms with Gasteiger partial charge in [-0.25, -0.2) is 4.98 Å². The van der Waals surface area contributed by atoms with E-state index in [9.17, 15) is 4.79 Å². The van der Waals surface area contributed by atoms with E-state index in [1.807, 2.05) is 54.8 Å². The number of nitrogens with one attached hydrogen (secondary N) is 1. The molecule has 4 nitrogen and oxygen atoms in total. The van der Waals surface area contributed by atoms with Crippen LogP contribution in [0.2, 0.25) is 0 Å². The maximum atomic E-state index is 12.0. The Morgan fingerprint density at radius 2 is 2.00 bits per heavy atom. The number of hydrogen-bond acceptors (Lipinski definition) is 4. The molecule has 0 aliphatic carbocycles. The van der Waals surface area contributed by atoms with Crippen molar-refractivity contribution in [1.29, 1.82) is 0 Å². The lowest BCUT2D eigenvalue weighted by Crippen LogP contribution is -2.24. The molecule has 1 N–H and O–H groups in total. The molecule has 0 atom stereocenters. The van der Waals surface area contributed by atoms with Crippen molar-refractivity contribution < 1.29 is 4.79 Å². The summed E-state index contributed by atoms with van der Waals surface area (Å²) < 4.78 is 0. The van der Waals surface area contributed by atoms with Crippen LogP contribution in [0.3, 0.4) is 0 Å². The first-order chi connectivity index (χ1) is 11.2. The molecule has 2 aromatic heterocycles. The Balaban J connectivity index is 1.56. The molecule has 116 valence electrons. The third-order valence-electron chi connectivity index (χ3n) is 3.39. The standard InChI is InChI=1S/C18H17N3OS/c1-13-5-7-14(8-6-13)11-20-17(22)10-15-12-23-18(21-15)16-4-2-3-9-19-16/h2-9,12H,10-11H2,1H3,(H,20,22). The van der Waals surface area contributed by atoms with Crippen LogP contribution in [0.5, 0.6) is 0 Å². The van der Waals surface area contributed by atoms with Gasteiger partial charge >= 0.3 is 0 Å². The van der Waals surface area contributed by atoms with Crippen molar-refractivity contribution in [3.05, 3.63) is 70.9 Å². The summed E-state index contributed by atoms with van der Waals surface area (Å²) in [5.74, 6) is -0.0246. The summed E-state index contributed by atoms with van der Waals surface area (Å²) in [7, 11) is 0. The fraction of sp³-hybridized carbons (Fsp3) is 0.167. The van der Waals surface area contributed by atoms with Gasteiger partial charge in [-0.05, 0) is 24.6 Å². The van der Waals surface area contributed by atoms with Gasteiger partial charge in [0.25, 0.3) is 0 Å². The van der Waals surface area contributed by atoms with Crippen LogP contribution in [0, 0.1) is 6.92 Å². The second-order valence-electron chi connectivity index (χ2n) is 5.30. The fourth-order valence-electron chi connectivity index (χ4n) is 2.13. The molecule has 0 spiro atoms. The van der Waals surface area contributed by atoms with Crippen LogP contribution in [0.1, 0.15) is 16.8 Å². The Bertz CT molecular complexity index is 782. The quantitative estimate of drug-likeness (QED) is 0.783. The molecule has 0 aliphatic heterocycles. The predicted molar refractivity (Wildman–Crippen MR) is 92.1 cm³/mol. The molecule has 3 rings (SSSR count). The van der Waals surface area contributed by atoms with E-state index in [4.69, 9.17) is 0 Å². The number of rotatable bonds is 5. The number of aromatic nitrogens is 2. The van der Waals surface area contributed by atoms with Crippen LogP contribution >= 0.6 is 11.3 Å². The fourth-order valence-corrected chi connectivity index (χ4v) is 2.92. The maximum Gasteiger partial charge on any atom is 0.226 e. The zero-order valence-electron chi connectivity index (χ0n) is 12.8. The van der Waals surface area contributed by atoms with Gasteiger partial charge in [-0.3, -0.25) is 9.78 Å². The Hall–Kier alpha value is -2.53. The molecule has 0 unspecified atom stereocenters. The Labute approximate surface area is 139 Å². The van der Waals surface area contributed by atoms with Crippen LogP contribution in [0.15, 0.2) is 54.0 Å². The molecule has 0 bridgehead atoms. The predicted octanol–water partition coefficient (Wildman–Crippen LogP) is 3.37. The minimum atomic E-state index is -0.0246. The van der Waals surface area contributed by atoms with Gasteiger partial charge in [-0.15, -0.1) is 11.3 Å². The first-order valence-electron chi connectivity index (χ1n) is 7.39. The lowest BCUT2D eigenvalue weighted by Gasteiger charge is -2.04. The first-order valence-corrected chi connectivity index (χ1v) is 8.27. The van der Waals surface area contributed by atoms with Crippen LogP contribution in [-0.2, 0) is 17.8 Å². The molecule has 2 heterocycles. The molecule has 23 heavy (non-hydrogen) atoms. The third kappa shape index (κ3) is 4.23. The average Bonchev–Trinajstić information content (AvgIpc) is 3.04. The second kappa shape index (κ2) is 7.15. The van der Waals surface area contributed by atoms with E-state index in [0.29, 0.717) is 6.54 Å². The average molecular weight is 323 g/mol. The highest BCUT2D eigenvalue weighted by Gasteiger charge is 2.09. The van der Waals surface area contributed by atoms with Crippen molar-refractivity contribution in [2.75, 3.05) is 0 Å². The normalized spacial score (nSPS) is 10.5. The van der Waals surface area contributed by atoms with E-state index in [2.05, 4.69) is 15.3 Å². The maximum absolute atomic E-state index is 12.0. The van der Waals surface area contributed by atoms with E-state index >= 15 is 0 Å². The van der Waals surface area contributed by atoms with E-state index in [-0.39, 0.29) is 12.3 Å². The SMILES string of the molecule is Cc1ccc(CNC(=O)Cc2csc(-c3ccccn3)n2)cc1. The summed E-state index contributed by atoms with van der Waals surface area (Å²) >= 11 is 1.51. The highest BCUT2D eigenvalue weighted by Crippen LogP contribution is 2.21. The summed E-state index contributed by atoms with van der Waals surface area (Å²) in [5, 5.41) is 5.68. The number of nitrogens with zero attached hydrogens (tertiary/aromatic N) is 2. The van der Waals surface area contributed by atoms with Gasteiger partial charge in [0.15, 0.2) is 0 Å². The smallest absolute Gasteiger partial charge is 0.226 e. The zero-order valence-corrected chi connectivity index (χ0v) is 13.6.